The number of nitrogens with zero attached hydrogens (tertiary/aromatic N) is 1. The van der Waals surface area contributed by atoms with Gasteiger partial charge in [-0.2, -0.15) is 0 Å². The smallest absolute Gasteiger partial charge is 0.333 e. The quantitative estimate of drug-likeness (QED) is 0.588. The molecule has 0 amide bonds. The number of esters is 1. The molecule has 2 rings (SSSR count). The van der Waals surface area contributed by atoms with Crippen LogP contribution < -0.4 is 0 Å². The maximum atomic E-state index is 11.7. The Morgan fingerprint density at radius 3 is 3.00 bits per heavy atom. The molecule has 1 N–H and O–H groups in total. The molecular weight excluding hydrogens is 218 g/mol. The van der Waals surface area contributed by atoms with Crippen molar-refractivity contribution in [2.24, 2.45) is 5.92 Å². The minimum atomic E-state index is -0.253. The van der Waals surface area contributed by atoms with E-state index in [0.29, 0.717) is 11.6 Å². The second-order valence-corrected chi connectivity index (χ2v) is 4.97. The predicted molar refractivity (Wildman–Crippen MR) is 64.5 cm³/mol. The van der Waals surface area contributed by atoms with Crippen LogP contribution in [0.25, 0.3) is 0 Å². The Kier molecular flexibility index (Phi) is 3.84. The lowest BCUT2D eigenvalue weighted by Crippen LogP contribution is -2.31. The number of aliphatic hydroxyl groups is 1. The number of aliphatic hydroxyl groups excluding tert-OH is 1. The summed E-state index contributed by atoms with van der Waals surface area (Å²) in [5.74, 6) is -0.164. The summed E-state index contributed by atoms with van der Waals surface area (Å²) in [7, 11) is 0. The number of carbonyl (C=O) groups excluding carboxylic acids is 1. The molecule has 2 saturated heterocycles. The molecule has 0 aliphatic carbocycles. The Balaban J connectivity index is 2.00. The van der Waals surface area contributed by atoms with Crippen molar-refractivity contribution in [1.29, 1.82) is 0 Å². The Morgan fingerprint density at radius 1 is 1.59 bits per heavy atom. The van der Waals surface area contributed by atoms with E-state index in [1.54, 1.807) is 13.0 Å². The molecule has 96 valence electrons. The number of hydrogen-bond donors (Lipinski definition) is 1. The molecule has 2 fully saturated rings. The molecule has 0 saturated carbocycles. The number of allylic oxidation sites excluding steroid dienone is 1. The first-order chi connectivity index (χ1) is 8.17. The van der Waals surface area contributed by atoms with Crippen molar-refractivity contribution < 1.29 is 14.6 Å². The topological polar surface area (TPSA) is 49.8 Å². The van der Waals surface area contributed by atoms with Gasteiger partial charge in [-0.1, -0.05) is 6.08 Å². The number of fused-ring (bicyclic) bond motifs is 1. The first kappa shape index (κ1) is 12.6. The van der Waals surface area contributed by atoms with E-state index >= 15 is 0 Å². The fraction of sp³-hybridized carbons (Fsp3) is 0.769. The number of rotatable bonds is 3. The van der Waals surface area contributed by atoms with Crippen molar-refractivity contribution in [3.05, 3.63) is 11.6 Å². The summed E-state index contributed by atoms with van der Waals surface area (Å²) in [4.78, 5) is 14.1. The zero-order chi connectivity index (χ0) is 12.4. The highest BCUT2D eigenvalue weighted by Crippen LogP contribution is 2.34. The average Bonchev–Trinajstić information content (AvgIpc) is 2.87. The van der Waals surface area contributed by atoms with E-state index in [1.807, 2.05) is 6.92 Å². The van der Waals surface area contributed by atoms with Crippen LogP contribution in [0.2, 0.25) is 0 Å². The highest BCUT2D eigenvalue weighted by Gasteiger charge is 2.45. The average molecular weight is 239 g/mol. The fourth-order valence-electron chi connectivity index (χ4n) is 2.89. The maximum Gasteiger partial charge on any atom is 0.333 e. The van der Waals surface area contributed by atoms with E-state index in [9.17, 15) is 9.90 Å². The molecule has 0 aromatic heterocycles. The Morgan fingerprint density at radius 2 is 2.35 bits per heavy atom. The van der Waals surface area contributed by atoms with E-state index in [1.165, 1.54) is 6.42 Å². The van der Waals surface area contributed by atoms with Crippen molar-refractivity contribution in [2.75, 3.05) is 19.7 Å². The first-order valence-corrected chi connectivity index (χ1v) is 6.36. The molecule has 0 bridgehead atoms. The largest absolute Gasteiger partial charge is 0.457 e. The molecule has 3 atom stereocenters. The van der Waals surface area contributed by atoms with Gasteiger partial charge in [-0.15, -0.1) is 0 Å². The van der Waals surface area contributed by atoms with Crippen molar-refractivity contribution in [3.63, 3.8) is 0 Å². The van der Waals surface area contributed by atoms with Crippen molar-refractivity contribution in [2.45, 2.75) is 38.8 Å². The third kappa shape index (κ3) is 2.38. The van der Waals surface area contributed by atoms with Crippen LogP contribution in [0.15, 0.2) is 11.6 Å². The lowest BCUT2D eigenvalue weighted by molar-refractivity contribution is -0.146. The molecular formula is C13H21NO3. The number of ether oxygens (including phenoxy) is 1. The van der Waals surface area contributed by atoms with Gasteiger partial charge < -0.3 is 9.84 Å². The Labute approximate surface area is 102 Å². The van der Waals surface area contributed by atoms with Gasteiger partial charge in [0.25, 0.3) is 0 Å². The molecule has 17 heavy (non-hydrogen) atoms. The SMILES string of the molecule is C/C=C(/C)C(=O)OC1CN2CCCC2C1CO. The van der Waals surface area contributed by atoms with Crippen LogP contribution in [-0.4, -0.2) is 47.8 Å². The highest BCUT2D eigenvalue weighted by atomic mass is 16.5. The second kappa shape index (κ2) is 5.19. The lowest BCUT2D eigenvalue weighted by Gasteiger charge is -2.21. The predicted octanol–water partition coefficient (Wildman–Crippen LogP) is 0.951. The lowest BCUT2D eigenvalue weighted by atomic mass is 9.97. The number of hydrogen-bond acceptors (Lipinski definition) is 4. The van der Waals surface area contributed by atoms with E-state index in [0.717, 1.165) is 19.5 Å². The molecule has 0 radical (unpaired) electrons. The van der Waals surface area contributed by atoms with Crippen molar-refractivity contribution >= 4 is 5.97 Å². The van der Waals surface area contributed by atoms with E-state index in [2.05, 4.69) is 4.90 Å². The van der Waals surface area contributed by atoms with Crippen LogP contribution in [0.1, 0.15) is 26.7 Å². The first-order valence-electron chi connectivity index (χ1n) is 6.36. The van der Waals surface area contributed by atoms with Gasteiger partial charge in [0.15, 0.2) is 0 Å². The van der Waals surface area contributed by atoms with Crippen molar-refractivity contribution in [3.8, 4) is 0 Å². The third-order valence-corrected chi connectivity index (χ3v) is 4.02. The van der Waals surface area contributed by atoms with Gasteiger partial charge in [0.2, 0.25) is 0 Å². The zero-order valence-corrected chi connectivity index (χ0v) is 10.6. The van der Waals surface area contributed by atoms with Gasteiger partial charge in [0, 0.05) is 24.1 Å². The molecule has 2 aliphatic heterocycles. The zero-order valence-electron chi connectivity index (χ0n) is 10.6. The Bertz CT molecular complexity index is 327. The van der Waals surface area contributed by atoms with Gasteiger partial charge in [-0.3, -0.25) is 4.90 Å². The number of carbonyl (C=O) groups is 1. The van der Waals surface area contributed by atoms with Crippen LogP contribution in [-0.2, 0) is 9.53 Å². The van der Waals surface area contributed by atoms with Crippen LogP contribution >= 0.6 is 0 Å². The minimum absolute atomic E-state index is 0.0890. The van der Waals surface area contributed by atoms with E-state index < -0.39 is 0 Å². The van der Waals surface area contributed by atoms with Gasteiger partial charge in [-0.05, 0) is 33.2 Å². The van der Waals surface area contributed by atoms with E-state index in [4.69, 9.17) is 4.74 Å². The fourth-order valence-corrected chi connectivity index (χ4v) is 2.89. The molecule has 3 unspecified atom stereocenters. The molecule has 4 heteroatoms. The van der Waals surface area contributed by atoms with Crippen molar-refractivity contribution in [1.82, 2.24) is 4.90 Å². The third-order valence-electron chi connectivity index (χ3n) is 4.02. The molecule has 2 heterocycles. The van der Waals surface area contributed by atoms with Gasteiger partial charge in [0.1, 0.15) is 6.10 Å². The van der Waals surface area contributed by atoms with Crippen LogP contribution in [0.4, 0.5) is 0 Å². The van der Waals surface area contributed by atoms with Crippen LogP contribution in [0.5, 0.6) is 0 Å². The normalized spacial score (nSPS) is 33.8. The molecule has 2 aliphatic rings. The summed E-state index contributed by atoms with van der Waals surface area (Å²) < 4.78 is 5.50. The molecule has 4 nitrogen and oxygen atoms in total. The standard InChI is InChI=1S/C13H21NO3/c1-3-9(2)13(16)17-12-7-14-6-4-5-11(14)10(12)8-15/h3,10-12,15H,4-8H2,1-2H3/b9-3-. The monoisotopic (exact) mass is 239 g/mol. The highest BCUT2D eigenvalue weighted by molar-refractivity contribution is 5.87. The molecule has 0 aromatic rings. The summed E-state index contributed by atoms with van der Waals surface area (Å²) in [6.07, 6.45) is 3.91. The maximum absolute atomic E-state index is 11.7. The Hall–Kier alpha value is -0.870. The van der Waals surface area contributed by atoms with Gasteiger partial charge in [-0.25, -0.2) is 4.79 Å². The minimum Gasteiger partial charge on any atom is -0.457 e. The van der Waals surface area contributed by atoms with Crippen LogP contribution in [0, 0.1) is 5.92 Å². The molecule has 0 spiro atoms. The summed E-state index contributed by atoms with van der Waals surface area (Å²) in [5, 5.41) is 9.46. The summed E-state index contributed by atoms with van der Waals surface area (Å²) in [5.41, 5.74) is 0.633. The molecule has 0 aromatic carbocycles. The van der Waals surface area contributed by atoms with Gasteiger partial charge >= 0.3 is 5.97 Å². The summed E-state index contributed by atoms with van der Waals surface area (Å²) in [6.45, 7) is 5.53. The van der Waals surface area contributed by atoms with Gasteiger partial charge in [0.05, 0.1) is 6.61 Å². The van der Waals surface area contributed by atoms with E-state index in [-0.39, 0.29) is 24.6 Å². The second-order valence-electron chi connectivity index (χ2n) is 4.97. The van der Waals surface area contributed by atoms with Crippen LogP contribution in [0.3, 0.4) is 0 Å². The summed E-state index contributed by atoms with van der Waals surface area (Å²) in [6, 6.07) is 0.406. The summed E-state index contributed by atoms with van der Waals surface area (Å²) >= 11 is 0.